The summed E-state index contributed by atoms with van der Waals surface area (Å²) in [4.78, 5) is 22.7. The van der Waals surface area contributed by atoms with Crippen molar-refractivity contribution in [2.24, 2.45) is 0 Å². The van der Waals surface area contributed by atoms with E-state index in [9.17, 15) is 18.0 Å². The van der Waals surface area contributed by atoms with Gasteiger partial charge in [-0.15, -0.1) is 0 Å². The van der Waals surface area contributed by atoms with Crippen molar-refractivity contribution < 1.29 is 36.4 Å². The average molecular weight is 361 g/mol. The fourth-order valence-electron chi connectivity index (χ4n) is 3.12. The Labute approximate surface area is 139 Å². The molecule has 2 bridgehead atoms. The maximum absolute atomic E-state index is 11.8. The van der Waals surface area contributed by atoms with Crippen LogP contribution >= 0.6 is 0 Å². The molecule has 1 amide bonds. The summed E-state index contributed by atoms with van der Waals surface area (Å²) >= 11 is 0. The number of ether oxygens (including phenoxy) is 3. The highest BCUT2D eigenvalue weighted by molar-refractivity contribution is 7.87. The summed E-state index contributed by atoms with van der Waals surface area (Å²) in [5.74, 6) is -1.02. The molecule has 5 unspecified atom stereocenters. The molecule has 0 spiro atoms. The number of carbonyl (C=O) groups excluding carboxylic acids is 2. The zero-order valence-electron chi connectivity index (χ0n) is 13.1. The highest BCUT2D eigenvalue weighted by Gasteiger charge is 2.66. The zero-order chi connectivity index (χ0) is 17.5. The molecule has 3 aliphatic heterocycles. The molecule has 0 aromatic heterocycles. The number of amides is 1. The lowest BCUT2D eigenvalue weighted by molar-refractivity contribution is -0.146. The first kappa shape index (κ1) is 17.3. The Kier molecular flexibility index (Phi) is 4.65. The van der Waals surface area contributed by atoms with E-state index in [-0.39, 0.29) is 25.9 Å². The average Bonchev–Trinajstić information content (AvgIpc) is 3.12. The van der Waals surface area contributed by atoms with Gasteiger partial charge in [0.2, 0.25) is 5.91 Å². The van der Waals surface area contributed by atoms with Gasteiger partial charge in [0, 0.05) is 5.57 Å². The Morgan fingerprint density at radius 3 is 2.75 bits per heavy atom. The third kappa shape index (κ3) is 3.18. The van der Waals surface area contributed by atoms with E-state index in [1.807, 2.05) is 0 Å². The minimum absolute atomic E-state index is 0.0153. The van der Waals surface area contributed by atoms with Crippen molar-refractivity contribution in [3.05, 3.63) is 12.2 Å². The normalized spacial score (nSPS) is 35.0. The number of nitrogens with one attached hydrogen (secondary N) is 1. The van der Waals surface area contributed by atoms with Gasteiger partial charge in [0.05, 0.1) is 12.7 Å². The van der Waals surface area contributed by atoms with Crippen molar-refractivity contribution in [3.8, 4) is 0 Å². The number of rotatable bonds is 7. The van der Waals surface area contributed by atoms with Crippen LogP contribution < -0.4 is 5.32 Å². The first-order chi connectivity index (χ1) is 11.3. The molecule has 9 nitrogen and oxygen atoms in total. The van der Waals surface area contributed by atoms with Crippen LogP contribution in [0.1, 0.15) is 13.3 Å². The predicted octanol–water partition coefficient (Wildman–Crippen LogP) is -1.12. The Bertz CT molecular complexity index is 660. The summed E-state index contributed by atoms with van der Waals surface area (Å²) < 4.78 is 44.7. The first-order valence-electron chi connectivity index (χ1n) is 7.58. The van der Waals surface area contributed by atoms with E-state index in [4.69, 9.17) is 18.4 Å². The van der Waals surface area contributed by atoms with Gasteiger partial charge in [0.25, 0.3) is 10.1 Å². The number of hydrogen-bond acceptors (Lipinski definition) is 8. The van der Waals surface area contributed by atoms with E-state index in [1.54, 1.807) is 0 Å². The maximum atomic E-state index is 11.8. The molecule has 0 radical (unpaired) electrons. The second-order valence-corrected chi connectivity index (χ2v) is 7.77. The van der Waals surface area contributed by atoms with Gasteiger partial charge in [-0.1, -0.05) is 6.58 Å². The lowest BCUT2D eigenvalue weighted by atomic mass is 9.94. The van der Waals surface area contributed by atoms with Crippen molar-refractivity contribution in [2.75, 3.05) is 19.8 Å². The molecule has 0 aromatic carbocycles. The molecule has 3 rings (SSSR count). The molecule has 10 heteroatoms. The zero-order valence-corrected chi connectivity index (χ0v) is 13.9. The Morgan fingerprint density at radius 1 is 1.29 bits per heavy atom. The van der Waals surface area contributed by atoms with Gasteiger partial charge in [-0.2, -0.15) is 8.42 Å². The van der Waals surface area contributed by atoms with Crippen LogP contribution in [0.5, 0.6) is 0 Å². The van der Waals surface area contributed by atoms with Crippen LogP contribution in [0.25, 0.3) is 0 Å². The monoisotopic (exact) mass is 361 g/mol. The fraction of sp³-hybridized carbons (Fsp3) is 0.714. The predicted molar refractivity (Wildman–Crippen MR) is 79.4 cm³/mol. The minimum atomic E-state index is -3.57. The molecule has 5 atom stereocenters. The fourth-order valence-corrected chi connectivity index (χ4v) is 4.77. The van der Waals surface area contributed by atoms with Crippen molar-refractivity contribution in [1.29, 1.82) is 0 Å². The number of hydrogen-bond donors (Lipinski definition) is 1. The molecule has 3 fully saturated rings. The Hall–Kier alpha value is -1.49. The van der Waals surface area contributed by atoms with Crippen molar-refractivity contribution in [1.82, 2.24) is 5.32 Å². The molecule has 24 heavy (non-hydrogen) atoms. The highest BCUT2D eigenvalue weighted by Crippen LogP contribution is 2.47. The van der Waals surface area contributed by atoms with E-state index in [2.05, 4.69) is 11.9 Å². The summed E-state index contributed by atoms with van der Waals surface area (Å²) in [6.45, 7) is 4.79. The van der Waals surface area contributed by atoms with Crippen LogP contribution in [0, 0.1) is 0 Å². The van der Waals surface area contributed by atoms with Crippen LogP contribution in [0.4, 0.5) is 0 Å². The molecular weight excluding hydrogens is 342 g/mol. The lowest BCUT2D eigenvalue weighted by Crippen LogP contribution is -2.41. The molecule has 3 heterocycles. The van der Waals surface area contributed by atoms with Crippen LogP contribution in [0.15, 0.2) is 12.2 Å². The van der Waals surface area contributed by atoms with Gasteiger partial charge in [-0.3, -0.25) is 13.8 Å². The van der Waals surface area contributed by atoms with Gasteiger partial charge >= 0.3 is 5.97 Å². The molecule has 3 aliphatic rings. The molecule has 0 aromatic rings. The molecule has 0 saturated carbocycles. The molecule has 1 N–H and O–H groups in total. The summed E-state index contributed by atoms with van der Waals surface area (Å²) in [6, 6.07) is 0. The first-order valence-corrected chi connectivity index (χ1v) is 9.05. The lowest BCUT2D eigenvalue weighted by Gasteiger charge is -2.21. The number of carbonyl (C=O) groups is 2. The maximum Gasteiger partial charge on any atom is 0.325 e. The molecular formula is C14H19NO8S. The molecule has 0 aliphatic carbocycles. The van der Waals surface area contributed by atoms with Gasteiger partial charge in [0.15, 0.2) is 0 Å². The van der Waals surface area contributed by atoms with Crippen LogP contribution in [0.3, 0.4) is 0 Å². The number of fused-ring (bicyclic) bond motifs is 1. The Balaban J connectivity index is 1.37. The smallest absolute Gasteiger partial charge is 0.325 e. The second kappa shape index (κ2) is 6.43. The van der Waals surface area contributed by atoms with Gasteiger partial charge in [-0.05, 0) is 13.3 Å². The number of esters is 1. The van der Waals surface area contributed by atoms with Gasteiger partial charge in [-0.25, -0.2) is 0 Å². The van der Waals surface area contributed by atoms with E-state index in [0.717, 1.165) is 0 Å². The van der Waals surface area contributed by atoms with Crippen LogP contribution in [-0.4, -0.2) is 69.7 Å². The van der Waals surface area contributed by atoms with Gasteiger partial charge in [0.1, 0.15) is 36.7 Å². The Morgan fingerprint density at radius 2 is 2.04 bits per heavy atom. The quantitative estimate of drug-likeness (QED) is 0.262. The topological polar surface area (TPSA) is 117 Å². The molecule has 3 saturated heterocycles. The van der Waals surface area contributed by atoms with E-state index < -0.39 is 45.6 Å². The van der Waals surface area contributed by atoms with Gasteiger partial charge < -0.3 is 19.5 Å². The van der Waals surface area contributed by atoms with Crippen molar-refractivity contribution in [3.63, 3.8) is 0 Å². The second-order valence-electron chi connectivity index (χ2n) is 5.99. The largest absolute Gasteiger partial charge is 0.462 e. The summed E-state index contributed by atoms with van der Waals surface area (Å²) in [7, 11) is -3.57. The van der Waals surface area contributed by atoms with Crippen molar-refractivity contribution in [2.45, 2.75) is 43.0 Å². The van der Waals surface area contributed by atoms with Crippen molar-refractivity contribution >= 4 is 22.0 Å². The highest BCUT2D eigenvalue weighted by atomic mass is 32.2. The molecule has 134 valence electrons. The van der Waals surface area contributed by atoms with E-state index in [1.165, 1.54) is 6.92 Å². The van der Waals surface area contributed by atoms with Crippen LogP contribution in [0.2, 0.25) is 0 Å². The SMILES string of the molecule is C=C(C)C(=O)NCC(=O)OCCOC1C2CC3C(O2)C1OS3(=O)=O. The van der Waals surface area contributed by atoms with Crippen LogP contribution in [-0.2, 0) is 38.1 Å². The van der Waals surface area contributed by atoms with E-state index >= 15 is 0 Å². The third-order valence-corrected chi connectivity index (χ3v) is 5.92. The summed E-state index contributed by atoms with van der Waals surface area (Å²) in [6.07, 6.45) is -1.52. The van der Waals surface area contributed by atoms with E-state index in [0.29, 0.717) is 12.0 Å². The third-order valence-electron chi connectivity index (χ3n) is 4.23. The summed E-state index contributed by atoms with van der Waals surface area (Å²) in [5.41, 5.74) is 0.298. The standard InChI is InChI=1S/C14H19NO8S/c1-7(2)14(17)15-6-10(16)20-3-4-21-11-8-5-9-12(22-8)13(11)23-24(9,18)19/h8-9,11-13H,1,3-6H2,2H3,(H,15,17). The minimum Gasteiger partial charge on any atom is -0.462 e. The summed E-state index contributed by atoms with van der Waals surface area (Å²) in [5, 5.41) is 1.76.